The first kappa shape index (κ1) is 20.1. The Bertz CT molecular complexity index is 1120. The lowest BCUT2D eigenvalue weighted by molar-refractivity contribution is -0.114. The minimum absolute atomic E-state index is 0.198. The topological polar surface area (TPSA) is 66.9 Å². The molecule has 1 aliphatic heterocycles. The van der Waals surface area contributed by atoms with Gasteiger partial charge in [-0.05, 0) is 48.0 Å². The summed E-state index contributed by atoms with van der Waals surface area (Å²) < 4.78 is 5.19. The molecule has 0 aliphatic carbocycles. The maximum Gasteiger partial charge on any atom is 0.263 e. The van der Waals surface area contributed by atoms with Gasteiger partial charge in [0.2, 0.25) is 0 Å². The fraction of sp³-hybridized carbons (Fsp3) is 0.0800. The van der Waals surface area contributed by atoms with Gasteiger partial charge in [0, 0.05) is 11.8 Å². The predicted molar refractivity (Wildman–Crippen MR) is 118 cm³/mol. The van der Waals surface area contributed by atoms with Gasteiger partial charge in [-0.25, -0.2) is 0 Å². The summed E-state index contributed by atoms with van der Waals surface area (Å²) in [5, 5.41) is 0. The van der Waals surface area contributed by atoms with Crippen LogP contribution in [0.2, 0.25) is 0 Å². The van der Waals surface area contributed by atoms with Gasteiger partial charge in [0.25, 0.3) is 17.7 Å². The van der Waals surface area contributed by atoms with E-state index in [0.717, 1.165) is 10.5 Å². The van der Waals surface area contributed by atoms with E-state index in [9.17, 15) is 14.4 Å². The molecule has 1 aliphatic rings. The summed E-state index contributed by atoms with van der Waals surface area (Å²) in [6.07, 6.45) is 3.12. The van der Waals surface area contributed by atoms with Crippen molar-refractivity contribution in [3.63, 3.8) is 0 Å². The summed E-state index contributed by atoms with van der Waals surface area (Å²) in [6, 6.07) is 22.9. The summed E-state index contributed by atoms with van der Waals surface area (Å²) >= 11 is 0. The third kappa shape index (κ3) is 4.09. The predicted octanol–water partition coefficient (Wildman–Crippen LogP) is 4.00. The first-order chi connectivity index (χ1) is 15.1. The third-order valence-electron chi connectivity index (χ3n) is 5.03. The van der Waals surface area contributed by atoms with Crippen molar-refractivity contribution in [1.82, 2.24) is 4.90 Å². The van der Waals surface area contributed by atoms with Gasteiger partial charge >= 0.3 is 0 Å². The molecule has 0 radical (unpaired) electrons. The zero-order valence-corrected chi connectivity index (χ0v) is 16.9. The average Bonchev–Trinajstić information content (AvgIpc) is 3.06. The molecular formula is C25H20N2O4. The molecule has 4 rings (SSSR count). The molecule has 154 valence electrons. The number of fused-ring (bicyclic) bond motifs is 1. The molecule has 0 atom stereocenters. The minimum atomic E-state index is -0.418. The summed E-state index contributed by atoms with van der Waals surface area (Å²) in [4.78, 5) is 41.2. The number of imide groups is 1. The summed E-state index contributed by atoms with van der Waals surface area (Å²) in [5.74, 6) is -0.555. The van der Waals surface area contributed by atoms with Gasteiger partial charge in [0.15, 0.2) is 0 Å². The van der Waals surface area contributed by atoms with Gasteiger partial charge in [-0.15, -0.1) is 0 Å². The molecule has 0 fully saturated rings. The van der Waals surface area contributed by atoms with Crippen LogP contribution in [-0.4, -0.2) is 36.4 Å². The molecule has 0 N–H and O–H groups in total. The molecule has 0 aromatic heterocycles. The van der Waals surface area contributed by atoms with Gasteiger partial charge < -0.3 is 4.74 Å². The Morgan fingerprint density at radius 1 is 0.871 bits per heavy atom. The van der Waals surface area contributed by atoms with E-state index in [4.69, 9.17) is 4.74 Å². The van der Waals surface area contributed by atoms with E-state index in [1.807, 2.05) is 30.3 Å². The first-order valence-corrected chi connectivity index (χ1v) is 9.72. The van der Waals surface area contributed by atoms with E-state index in [2.05, 4.69) is 0 Å². The van der Waals surface area contributed by atoms with E-state index in [1.165, 1.54) is 11.0 Å². The maximum atomic E-state index is 13.1. The Kier molecular flexibility index (Phi) is 5.62. The highest BCUT2D eigenvalue weighted by Crippen LogP contribution is 2.25. The highest BCUT2D eigenvalue weighted by Gasteiger charge is 2.36. The summed E-state index contributed by atoms with van der Waals surface area (Å²) in [5.41, 5.74) is 2.09. The molecule has 0 saturated carbocycles. The highest BCUT2D eigenvalue weighted by molar-refractivity contribution is 6.21. The molecule has 0 saturated heterocycles. The van der Waals surface area contributed by atoms with Crippen molar-refractivity contribution in [1.29, 1.82) is 0 Å². The minimum Gasteiger partial charge on any atom is -0.497 e. The Balaban J connectivity index is 1.64. The number of hydrogen-bond donors (Lipinski definition) is 0. The second-order valence-electron chi connectivity index (χ2n) is 6.93. The number of hydrogen-bond acceptors (Lipinski definition) is 4. The summed E-state index contributed by atoms with van der Waals surface area (Å²) in [7, 11) is 1.55. The molecule has 3 aromatic carbocycles. The number of methoxy groups -OCH3 is 1. The van der Waals surface area contributed by atoms with Crippen LogP contribution < -0.4 is 9.64 Å². The fourth-order valence-corrected chi connectivity index (χ4v) is 3.37. The Labute approximate surface area is 180 Å². The second-order valence-corrected chi connectivity index (χ2v) is 6.93. The normalized spacial score (nSPS) is 12.9. The van der Waals surface area contributed by atoms with Crippen LogP contribution >= 0.6 is 0 Å². The molecule has 0 spiro atoms. The van der Waals surface area contributed by atoms with E-state index in [-0.39, 0.29) is 12.6 Å². The standard InChI is InChI=1S/C25H20N2O4/c1-31-20-14-12-19(13-15-20)26(23(28)16-11-18-7-3-2-4-8-18)17-27-24(29)21-9-5-6-10-22(21)25(27)30/h2-16H,17H2,1H3. The van der Waals surface area contributed by atoms with Crippen LogP contribution in [0, 0.1) is 0 Å². The first-order valence-electron chi connectivity index (χ1n) is 9.72. The van der Waals surface area contributed by atoms with Crippen molar-refractivity contribution < 1.29 is 19.1 Å². The zero-order valence-electron chi connectivity index (χ0n) is 16.9. The molecule has 31 heavy (non-hydrogen) atoms. The molecular weight excluding hydrogens is 392 g/mol. The number of ether oxygens (including phenoxy) is 1. The Morgan fingerprint density at radius 3 is 2.03 bits per heavy atom. The molecule has 6 heteroatoms. The number of anilines is 1. The van der Waals surface area contributed by atoms with Gasteiger partial charge in [-0.3, -0.25) is 24.2 Å². The van der Waals surface area contributed by atoms with Crippen LogP contribution in [0.15, 0.2) is 84.9 Å². The van der Waals surface area contributed by atoms with E-state index in [0.29, 0.717) is 22.6 Å². The lowest BCUT2D eigenvalue weighted by atomic mass is 10.1. The SMILES string of the molecule is COc1ccc(N(CN2C(=O)c3ccccc3C2=O)C(=O)C=Cc2ccccc2)cc1. The van der Waals surface area contributed by atoms with Crippen molar-refractivity contribution in [3.8, 4) is 5.75 Å². The number of rotatable bonds is 6. The molecule has 3 amide bonds. The van der Waals surface area contributed by atoms with Crippen molar-refractivity contribution in [3.05, 3.63) is 102 Å². The number of nitrogens with zero attached hydrogens (tertiary/aromatic N) is 2. The van der Waals surface area contributed by atoms with Gasteiger partial charge in [-0.2, -0.15) is 0 Å². The van der Waals surface area contributed by atoms with E-state index >= 15 is 0 Å². The van der Waals surface area contributed by atoms with Crippen molar-refractivity contribution >= 4 is 29.5 Å². The van der Waals surface area contributed by atoms with Crippen LogP contribution in [0.5, 0.6) is 5.75 Å². The number of carbonyl (C=O) groups is 3. The number of benzene rings is 3. The lowest BCUT2D eigenvalue weighted by Crippen LogP contribution is -2.43. The van der Waals surface area contributed by atoms with E-state index < -0.39 is 11.8 Å². The van der Waals surface area contributed by atoms with E-state index in [1.54, 1.807) is 61.7 Å². The van der Waals surface area contributed by atoms with Crippen molar-refractivity contribution in [2.24, 2.45) is 0 Å². The highest BCUT2D eigenvalue weighted by atomic mass is 16.5. The van der Waals surface area contributed by atoms with Crippen molar-refractivity contribution in [2.45, 2.75) is 0 Å². The monoisotopic (exact) mass is 412 g/mol. The summed E-state index contributed by atoms with van der Waals surface area (Å²) in [6.45, 7) is -0.198. The van der Waals surface area contributed by atoms with Crippen LogP contribution in [0.3, 0.4) is 0 Å². The van der Waals surface area contributed by atoms with Crippen molar-refractivity contribution in [2.75, 3.05) is 18.7 Å². The quantitative estimate of drug-likeness (QED) is 0.454. The zero-order chi connectivity index (χ0) is 21.8. The van der Waals surface area contributed by atoms with Crippen LogP contribution in [-0.2, 0) is 4.79 Å². The molecule has 6 nitrogen and oxygen atoms in total. The van der Waals surface area contributed by atoms with Crippen LogP contribution in [0.1, 0.15) is 26.3 Å². The van der Waals surface area contributed by atoms with Crippen LogP contribution in [0.25, 0.3) is 6.08 Å². The fourth-order valence-electron chi connectivity index (χ4n) is 3.37. The Hall–Kier alpha value is -4.19. The number of amides is 3. The molecule has 0 bridgehead atoms. The van der Waals surface area contributed by atoms with Crippen LogP contribution in [0.4, 0.5) is 5.69 Å². The maximum absolute atomic E-state index is 13.1. The number of carbonyl (C=O) groups excluding carboxylic acids is 3. The molecule has 1 heterocycles. The average molecular weight is 412 g/mol. The smallest absolute Gasteiger partial charge is 0.263 e. The molecule has 0 unspecified atom stereocenters. The third-order valence-corrected chi connectivity index (χ3v) is 5.03. The molecule has 3 aromatic rings. The van der Waals surface area contributed by atoms with Gasteiger partial charge in [0.1, 0.15) is 12.4 Å². The Morgan fingerprint density at radius 2 is 1.45 bits per heavy atom. The van der Waals surface area contributed by atoms with Gasteiger partial charge in [-0.1, -0.05) is 42.5 Å². The second kappa shape index (κ2) is 8.67. The lowest BCUT2D eigenvalue weighted by Gasteiger charge is -2.26. The largest absolute Gasteiger partial charge is 0.497 e. The van der Waals surface area contributed by atoms with Gasteiger partial charge in [0.05, 0.1) is 18.2 Å².